The van der Waals surface area contributed by atoms with E-state index in [0.717, 1.165) is 23.2 Å². The lowest BCUT2D eigenvalue weighted by Gasteiger charge is -2.17. The second-order valence-electron chi connectivity index (χ2n) is 6.24. The van der Waals surface area contributed by atoms with E-state index in [1.807, 2.05) is 18.2 Å². The molecule has 2 heterocycles. The normalized spacial score (nSPS) is 10.4. The molecule has 1 aromatic carbocycles. The molecular formula is C21H21FN4O. The fraction of sp³-hybridized carbons (Fsp3) is 0.190. The monoisotopic (exact) mass is 364 g/mol. The average Bonchev–Trinajstić information content (AvgIpc) is 2.72. The molecular weight excluding hydrogens is 343 g/mol. The van der Waals surface area contributed by atoms with Gasteiger partial charge in [0.2, 0.25) is 0 Å². The molecule has 0 saturated heterocycles. The first-order valence-electron chi connectivity index (χ1n) is 8.70. The zero-order valence-electron chi connectivity index (χ0n) is 15.1. The lowest BCUT2D eigenvalue weighted by atomic mass is 10.2. The molecule has 138 valence electrons. The summed E-state index contributed by atoms with van der Waals surface area (Å²) in [6.45, 7) is 1.16. The zero-order valence-corrected chi connectivity index (χ0v) is 15.1. The van der Waals surface area contributed by atoms with E-state index in [-0.39, 0.29) is 11.7 Å². The number of likely N-dealkylation sites (N-methyl/N-ethyl adjacent to an activating group) is 1. The summed E-state index contributed by atoms with van der Waals surface area (Å²) in [5, 5.41) is 3.21. The lowest BCUT2D eigenvalue weighted by Crippen LogP contribution is -2.29. The Kier molecular flexibility index (Phi) is 6.10. The third-order valence-electron chi connectivity index (χ3n) is 4.22. The molecule has 1 amide bonds. The number of carbonyl (C=O) groups is 1. The van der Waals surface area contributed by atoms with Crippen LogP contribution in [0.4, 0.5) is 10.1 Å². The average molecular weight is 364 g/mol. The van der Waals surface area contributed by atoms with Crippen LogP contribution in [0.2, 0.25) is 0 Å². The van der Waals surface area contributed by atoms with Crippen molar-refractivity contribution in [3.8, 4) is 0 Å². The van der Waals surface area contributed by atoms with Crippen molar-refractivity contribution in [1.29, 1.82) is 0 Å². The van der Waals surface area contributed by atoms with E-state index < -0.39 is 0 Å². The van der Waals surface area contributed by atoms with Crippen LogP contribution < -0.4 is 5.32 Å². The van der Waals surface area contributed by atoms with Gasteiger partial charge in [0.25, 0.3) is 5.91 Å². The molecule has 27 heavy (non-hydrogen) atoms. The standard InChI is InChI=1S/C21H21FN4O/c1-26(13-10-16-8-11-23-12-9-16)21(27)20-7-6-19(15-25-20)24-14-17-2-4-18(22)5-3-17/h2-9,11-12,15,24H,10,13-14H2,1H3. The maximum Gasteiger partial charge on any atom is 0.272 e. The first kappa shape index (κ1) is 18.5. The molecule has 0 bridgehead atoms. The van der Waals surface area contributed by atoms with Crippen molar-refractivity contribution >= 4 is 11.6 Å². The van der Waals surface area contributed by atoms with Crippen LogP contribution in [0.5, 0.6) is 0 Å². The Balaban J connectivity index is 1.52. The molecule has 2 aromatic heterocycles. The summed E-state index contributed by atoms with van der Waals surface area (Å²) in [5.41, 5.74) is 3.31. The molecule has 1 N–H and O–H groups in total. The van der Waals surface area contributed by atoms with Gasteiger partial charge in [-0.2, -0.15) is 0 Å². The molecule has 5 nitrogen and oxygen atoms in total. The number of nitrogens with one attached hydrogen (secondary N) is 1. The third kappa shape index (κ3) is 5.34. The van der Waals surface area contributed by atoms with Gasteiger partial charge in [0, 0.05) is 32.5 Å². The number of benzene rings is 1. The van der Waals surface area contributed by atoms with Gasteiger partial charge in [0.15, 0.2) is 0 Å². The van der Waals surface area contributed by atoms with E-state index in [2.05, 4.69) is 15.3 Å². The topological polar surface area (TPSA) is 58.1 Å². The van der Waals surface area contributed by atoms with Crippen molar-refractivity contribution < 1.29 is 9.18 Å². The van der Waals surface area contributed by atoms with Crippen LogP contribution in [-0.4, -0.2) is 34.4 Å². The number of hydrogen-bond acceptors (Lipinski definition) is 4. The van der Waals surface area contributed by atoms with E-state index >= 15 is 0 Å². The first-order chi connectivity index (χ1) is 13.1. The number of rotatable bonds is 7. The highest BCUT2D eigenvalue weighted by Crippen LogP contribution is 2.11. The van der Waals surface area contributed by atoms with E-state index in [4.69, 9.17) is 0 Å². The summed E-state index contributed by atoms with van der Waals surface area (Å²) in [7, 11) is 1.77. The smallest absolute Gasteiger partial charge is 0.272 e. The lowest BCUT2D eigenvalue weighted by molar-refractivity contribution is 0.0791. The maximum atomic E-state index is 12.9. The van der Waals surface area contributed by atoms with Crippen LogP contribution in [0.3, 0.4) is 0 Å². The summed E-state index contributed by atoms with van der Waals surface area (Å²) in [4.78, 5) is 22.4. The van der Waals surface area contributed by atoms with Crippen molar-refractivity contribution in [1.82, 2.24) is 14.9 Å². The Labute approximate surface area is 157 Å². The van der Waals surface area contributed by atoms with Gasteiger partial charge in [-0.3, -0.25) is 9.78 Å². The van der Waals surface area contributed by atoms with Crippen LogP contribution in [0, 0.1) is 5.82 Å². The molecule has 3 rings (SSSR count). The molecule has 0 atom stereocenters. The minimum atomic E-state index is -0.253. The van der Waals surface area contributed by atoms with Crippen molar-refractivity contribution in [2.45, 2.75) is 13.0 Å². The van der Waals surface area contributed by atoms with E-state index in [0.29, 0.717) is 18.8 Å². The summed E-state index contributed by atoms with van der Waals surface area (Å²) >= 11 is 0. The van der Waals surface area contributed by atoms with Crippen LogP contribution in [0.1, 0.15) is 21.6 Å². The number of aromatic nitrogens is 2. The molecule has 0 aliphatic heterocycles. The van der Waals surface area contributed by atoms with Crippen LogP contribution >= 0.6 is 0 Å². The highest BCUT2D eigenvalue weighted by Gasteiger charge is 2.13. The molecule has 0 spiro atoms. The summed E-state index contributed by atoms with van der Waals surface area (Å²) in [6, 6.07) is 13.7. The van der Waals surface area contributed by atoms with E-state index in [9.17, 15) is 9.18 Å². The SMILES string of the molecule is CN(CCc1ccncc1)C(=O)c1ccc(NCc2ccc(F)cc2)cn1. The molecule has 3 aromatic rings. The highest BCUT2D eigenvalue weighted by molar-refractivity contribution is 5.92. The molecule has 0 radical (unpaired) electrons. The van der Waals surface area contributed by atoms with E-state index in [1.54, 1.807) is 48.7 Å². The van der Waals surface area contributed by atoms with Crippen molar-refractivity contribution in [3.05, 3.63) is 89.8 Å². The minimum absolute atomic E-state index is 0.117. The number of anilines is 1. The quantitative estimate of drug-likeness (QED) is 0.697. The predicted molar refractivity (Wildman–Crippen MR) is 103 cm³/mol. The van der Waals surface area contributed by atoms with E-state index in [1.165, 1.54) is 12.1 Å². The molecule has 0 fully saturated rings. The molecule has 0 saturated carbocycles. The highest BCUT2D eigenvalue weighted by atomic mass is 19.1. The Morgan fingerprint density at radius 3 is 2.44 bits per heavy atom. The maximum absolute atomic E-state index is 12.9. The van der Waals surface area contributed by atoms with Gasteiger partial charge in [-0.1, -0.05) is 12.1 Å². The molecule has 6 heteroatoms. The van der Waals surface area contributed by atoms with Gasteiger partial charge < -0.3 is 10.2 Å². The minimum Gasteiger partial charge on any atom is -0.380 e. The van der Waals surface area contributed by atoms with Crippen LogP contribution in [-0.2, 0) is 13.0 Å². The zero-order chi connectivity index (χ0) is 19.1. The van der Waals surface area contributed by atoms with Gasteiger partial charge in [-0.05, 0) is 53.9 Å². The van der Waals surface area contributed by atoms with Crippen LogP contribution in [0.15, 0.2) is 67.1 Å². The number of pyridine rings is 2. The van der Waals surface area contributed by atoms with Crippen molar-refractivity contribution in [2.75, 3.05) is 18.9 Å². The van der Waals surface area contributed by atoms with Gasteiger partial charge in [0.05, 0.1) is 11.9 Å². The largest absolute Gasteiger partial charge is 0.380 e. The first-order valence-corrected chi connectivity index (χ1v) is 8.70. The number of amides is 1. The van der Waals surface area contributed by atoms with Crippen LogP contribution in [0.25, 0.3) is 0 Å². The Bertz CT molecular complexity index is 867. The third-order valence-corrected chi connectivity index (χ3v) is 4.22. The fourth-order valence-corrected chi connectivity index (χ4v) is 2.57. The molecule has 0 aliphatic rings. The molecule has 0 aliphatic carbocycles. The Hall–Kier alpha value is -3.28. The number of hydrogen-bond donors (Lipinski definition) is 1. The Morgan fingerprint density at radius 2 is 1.78 bits per heavy atom. The second-order valence-corrected chi connectivity index (χ2v) is 6.24. The number of halogens is 1. The molecule has 0 unspecified atom stereocenters. The predicted octanol–water partition coefficient (Wildman–Crippen LogP) is 3.54. The number of carbonyl (C=O) groups excluding carboxylic acids is 1. The summed E-state index contributed by atoms with van der Waals surface area (Å²) in [6.07, 6.45) is 5.89. The van der Waals surface area contributed by atoms with Gasteiger partial charge >= 0.3 is 0 Å². The summed E-state index contributed by atoms with van der Waals surface area (Å²) < 4.78 is 12.9. The van der Waals surface area contributed by atoms with Crippen molar-refractivity contribution in [3.63, 3.8) is 0 Å². The van der Waals surface area contributed by atoms with Gasteiger partial charge in [0.1, 0.15) is 11.5 Å². The second kappa shape index (κ2) is 8.89. The Morgan fingerprint density at radius 1 is 1.04 bits per heavy atom. The number of nitrogens with zero attached hydrogens (tertiary/aromatic N) is 3. The van der Waals surface area contributed by atoms with Crippen molar-refractivity contribution in [2.24, 2.45) is 0 Å². The summed E-state index contributed by atoms with van der Waals surface area (Å²) in [5.74, 6) is -0.370. The fourth-order valence-electron chi connectivity index (χ4n) is 2.57. The van der Waals surface area contributed by atoms with Gasteiger partial charge in [-0.15, -0.1) is 0 Å². The van der Waals surface area contributed by atoms with Gasteiger partial charge in [-0.25, -0.2) is 9.37 Å².